The van der Waals surface area contributed by atoms with E-state index in [4.69, 9.17) is 0 Å². The Labute approximate surface area is 284 Å². The number of alkyl halides is 2. The maximum Gasteiger partial charge on any atom is 0.180 e. The van der Waals surface area contributed by atoms with Crippen molar-refractivity contribution in [2.75, 3.05) is 9.80 Å². The fourth-order valence-corrected chi connectivity index (χ4v) is 8.93. The Morgan fingerprint density at radius 3 is 1.65 bits per heavy atom. The van der Waals surface area contributed by atoms with Crippen LogP contribution in [-0.4, -0.2) is 12.6 Å². The van der Waals surface area contributed by atoms with Crippen LogP contribution in [-0.2, 0) is 18.3 Å². The minimum absolute atomic E-state index is 0.343. The van der Waals surface area contributed by atoms with Gasteiger partial charge in [0.05, 0.1) is 11.1 Å². The van der Waals surface area contributed by atoms with Crippen molar-refractivity contribution in [2.45, 2.75) is 30.8 Å². The third-order valence-corrected chi connectivity index (χ3v) is 10.9. The molecule has 0 amide bonds. The highest BCUT2D eigenvalue weighted by atomic mass is 19.1. The van der Waals surface area contributed by atoms with Gasteiger partial charge in [0.2, 0.25) is 0 Å². The van der Waals surface area contributed by atoms with E-state index in [-0.39, 0.29) is 0 Å². The summed E-state index contributed by atoms with van der Waals surface area (Å²) in [7, 11) is 0. The molecule has 0 N–H and O–H groups in total. The molecule has 7 aromatic rings. The summed E-state index contributed by atoms with van der Waals surface area (Å²) in [5, 5.41) is 2.08. The zero-order valence-electron chi connectivity index (χ0n) is 26.7. The summed E-state index contributed by atoms with van der Waals surface area (Å²) in [5.74, 6) is 0. The van der Waals surface area contributed by atoms with Crippen LogP contribution in [0.25, 0.3) is 21.9 Å². The summed E-state index contributed by atoms with van der Waals surface area (Å²) in [6.07, 6.45) is -1.65. The predicted molar refractivity (Wildman–Crippen MR) is 196 cm³/mol. The maximum atomic E-state index is 16.3. The Hall–Kier alpha value is -5.74. The second-order valence-corrected chi connectivity index (χ2v) is 13.4. The minimum Gasteiger partial charge on any atom is -0.310 e. The molecule has 2 heterocycles. The Bertz CT molecular complexity index is 2360. The van der Waals surface area contributed by atoms with Crippen LogP contribution in [0.3, 0.4) is 0 Å². The van der Waals surface area contributed by atoms with Gasteiger partial charge in [-0.25, -0.2) is 8.78 Å². The lowest BCUT2D eigenvalue weighted by Gasteiger charge is -2.35. The smallest absolute Gasteiger partial charge is 0.180 e. The van der Waals surface area contributed by atoms with Gasteiger partial charge in [-0.05, 0) is 80.2 Å². The number of rotatable bonds is 4. The molecule has 3 aliphatic rings. The monoisotopic (exact) mass is 638 g/mol. The highest BCUT2D eigenvalue weighted by molar-refractivity contribution is 6.10. The molecule has 0 bridgehead atoms. The Morgan fingerprint density at radius 1 is 0.469 bits per heavy atom. The van der Waals surface area contributed by atoms with Crippen molar-refractivity contribution in [3.63, 3.8) is 0 Å². The zero-order chi connectivity index (χ0) is 32.7. The van der Waals surface area contributed by atoms with E-state index < -0.39 is 18.0 Å². The average Bonchev–Trinajstić information content (AvgIpc) is 3.77. The molecular weight excluding hydrogens is 607 g/mol. The van der Waals surface area contributed by atoms with E-state index >= 15 is 8.78 Å². The largest absolute Gasteiger partial charge is 0.310 e. The maximum absolute atomic E-state index is 16.3. The number of fused-ring (bicyclic) bond motifs is 7. The van der Waals surface area contributed by atoms with Gasteiger partial charge in [0.1, 0.15) is 0 Å². The predicted octanol–water partition coefficient (Wildman–Crippen LogP) is 11.2. The van der Waals surface area contributed by atoms with E-state index in [0.29, 0.717) is 12.8 Å². The number of halogens is 2. The third-order valence-electron chi connectivity index (χ3n) is 10.9. The fraction of sp³-hybridized carbons (Fsp3) is 0.111. The highest BCUT2D eigenvalue weighted by Gasteiger charge is 2.48. The Balaban J connectivity index is 1.32. The first-order chi connectivity index (χ1) is 24.1. The standard InChI is InChI=1S/C45H32F2N2/c46-42-25-29-13-7-11-21-39(29)48(42)33-23-24-36-37(27-33)45(31-15-3-1-4-16-31,32-17-5-2-6-18-32)38-28-41(34-19-9-10-20-35(34)44(36)38)49-40-22-12-8-14-30(40)26-43(49)47/h1-24,27-28,42-43H,25-26H2. The van der Waals surface area contributed by atoms with Crippen LogP contribution in [0.2, 0.25) is 0 Å². The van der Waals surface area contributed by atoms with E-state index in [2.05, 4.69) is 91.0 Å². The molecule has 2 unspecified atom stereocenters. The number of anilines is 4. The molecule has 10 rings (SSSR count). The molecule has 0 fully saturated rings. The molecule has 2 atom stereocenters. The topological polar surface area (TPSA) is 6.48 Å². The lowest BCUT2D eigenvalue weighted by Crippen LogP contribution is -2.30. The third kappa shape index (κ3) is 3.92. The van der Waals surface area contributed by atoms with Gasteiger partial charge < -0.3 is 9.80 Å². The number of benzene rings is 7. The van der Waals surface area contributed by atoms with Gasteiger partial charge in [-0.3, -0.25) is 0 Å². The van der Waals surface area contributed by atoms with Crippen molar-refractivity contribution in [3.8, 4) is 11.1 Å². The number of nitrogens with zero attached hydrogens (tertiary/aromatic N) is 2. The fourth-order valence-electron chi connectivity index (χ4n) is 8.93. The van der Waals surface area contributed by atoms with Crippen LogP contribution in [0.4, 0.5) is 31.5 Å². The first-order valence-corrected chi connectivity index (χ1v) is 17.0. The van der Waals surface area contributed by atoms with E-state index in [0.717, 1.165) is 78.0 Å². The molecular formula is C45H32F2N2. The molecule has 1 aliphatic carbocycles. The van der Waals surface area contributed by atoms with Crippen LogP contribution < -0.4 is 9.80 Å². The summed E-state index contributed by atoms with van der Waals surface area (Å²) in [5.41, 5.74) is 11.4. The number of hydrogen-bond donors (Lipinski definition) is 0. The van der Waals surface area contributed by atoms with Gasteiger partial charge in [-0.2, -0.15) is 0 Å². The molecule has 7 aromatic carbocycles. The van der Waals surface area contributed by atoms with Crippen molar-refractivity contribution in [2.24, 2.45) is 0 Å². The SMILES string of the molecule is FC1Cc2ccccc2N1c1ccc2c(c1)C(c1ccccc1)(c1ccccc1)c1cc(N3c4ccccc4CC3F)c3ccccc3c1-2. The Kier molecular flexibility index (Phi) is 6.14. The van der Waals surface area contributed by atoms with E-state index in [1.54, 1.807) is 0 Å². The molecule has 49 heavy (non-hydrogen) atoms. The first kappa shape index (κ1) is 28.3. The molecule has 0 spiro atoms. The molecule has 0 radical (unpaired) electrons. The second kappa shape index (κ2) is 10.6. The van der Waals surface area contributed by atoms with Crippen LogP contribution in [0.5, 0.6) is 0 Å². The van der Waals surface area contributed by atoms with Crippen molar-refractivity contribution in [3.05, 3.63) is 191 Å². The van der Waals surface area contributed by atoms with Crippen LogP contribution in [0, 0.1) is 0 Å². The van der Waals surface area contributed by atoms with Crippen LogP contribution in [0.1, 0.15) is 33.4 Å². The second-order valence-electron chi connectivity index (χ2n) is 13.4. The molecule has 2 nitrogen and oxygen atoms in total. The van der Waals surface area contributed by atoms with Gasteiger partial charge in [0.15, 0.2) is 12.6 Å². The van der Waals surface area contributed by atoms with Gasteiger partial charge in [-0.1, -0.05) is 127 Å². The minimum atomic E-state index is -1.19. The Morgan fingerprint density at radius 2 is 1.00 bits per heavy atom. The molecule has 0 aromatic heterocycles. The quantitative estimate of drug-likeness (QED) is 0.177. The van der Waals surface area contributed by atoms with Crippen molar-refractivity contribution < 1.29 is 8.78 Å². The van der Waals surface area contributed by atoms with Gasteiger partial charge >= 0.3 is 0 Å². The summed E-state index contributed by atoms with van der Waals surface area (Å²) in [6, 6.07) is 54.4. The summed E-state index contributed by atoms with van der Waals surface area (Å²) >= 11 is 0. The van der Waals surface area contributed by atoms with Gasteiger partial charge in [0, 0.05) is 35.3 Å². The zero-order valence-corrected chi connectivity index (χ0v) is 26.7. The normalized spacial score (nSPS) is 18.3. The van der Waals surface area contributed by atoms with Crippen molar-refractivity contribution in [1.29, 1.82) is 0 Å². The van der Waals surface area contributed by atoms with E-state index in [9.17, 15) is 0 Å². The summed E-state index contributed by atoms with van der Waals surface area (Å²) in [4.78, 5) is 3.74. The van der Waals surface area contributed by atoms with E-state index in [1.165, 1.54) is 0 Å². The van der Waals surface area contributed by atoms with Gasteiger partial charge in [0.25, 0.3) is 0 Å². The van der Waals surface area contributed by atoms with E-state index in [1.807, 2.05) is 76.5 Å². The molecule has 4 heteroatoms. The van der Waals surface area contributed by atoms with Gasteiger partial charge in [-0.15, -0.1) is 0 Å². The molecule has 0 saturated heterocycles. The summed E-state index contributed by atoms with van der Waals surface area (Å²) in [6.45, 7) is 0. The lowest BCUT2D eigenvalue weighted by molar-refractivity contribution is 0.353. The number of para-hydroxylation sites is 2. The van der Waals surface area contributed by atoms with Crippen molar-refractivity contribution >= 4 is 33.5 Å². The molecule has 0 saturated carbocycles. The summed E-state index contributed by atoms with van der Waals surface area (Å²) < 4.78 is 32.3. The molecule has 2 aliphatic heterocycles. The lowest BCUT2D eigenvalue weighted by atomic mass is 9.67. The highest BCUT2D eigenvalue weighted by Crippen LogP contribution is 2.60. The average molecular weight is 639 g/mol. The van der Waals surface area contributed by atoms with Crippen molar-refractivity contribution in [1.82, 2.24) is 0 Å². The van der Waals surface area contributed by atoms with Crippen LogP contribution in [0.15, 0.2) is 158 Å². The molecule has 236 valence electrons. The van der Waals surface area contributed by atoms with Crippen LogP contribution >= 0.6 is 0 Å². The first-order valence-electron chi connectivity index (χ1n) is 17.0. The number of hydrogen-bond acceptors (Lipinski definition) is 2.